The Kier molecular flexibility index (Phi) is 4.15. The highest BCUT2D eigenvalue weighted by atomic mass is 35.5. The lowest BCUT2D eigenvalue weighted by Crippen LogP contribution is -1.98. The van der Waals surface area contributed by atoms with E-state index in [1.54, 1.807) is 41.3 Å². The first-order valence-corrected chi connectivity index (χ1v) is 8.42. The molecular weight excluding hydrogens is 362 g/mol. The van der Waals surface area contributed by atoms with Crippen molar-refractivity contribution in [2.24, 2.45) is 7.05 Å². The third-order valence-electron chi connectivity index (χ3n) is 4.02. The van der Waals surface area contributed by atoms with Gasteiger partial charge in [0.1, 0.15) is 5.75 Å². The third kappa shape index (κ3) is 3.41. The third-order valence-corrected chi connectivity index (χ3v) is 4.30. The smallest absolute Gasteiger partial charge is 0.227 e. The Hall–Kier alpha value is -3.56. The molecule has 0 aliphatic rings. The van der Waals surface area contributed by atoms with E-state index in [9.17, 15) is 5.11 Å². The van der Waals surface area contributed by atoms with Crippen molar-refractivity contribution in [3.05, 3.63) is 59.5 Å². The molecule has 7 heteroatoms. The maximum Gasteiger partial charge on any atom is 0.227 e. The van der Waals surface area contributed by atoms with Crippen LogP contribution in [0.25, 0.3) is 22.0 Å². The molecule has 0 amide bonds. The van der Waals surface area contributed by atoms with Gasteiger partial charge in [-0.1, -0.05) is 17.5 Å². The molecule has 2 aromatic carbocycles. The number of nitrogens with one attached hydrogen (secondary N) is 1. The molecule has 27 heavy (non-hydrogen) atoms. The number of aromatic hydroxyl groups is 1. The van der Waals surface area contributed by atoms with Crippen molar-refractivity contribution in [1.82, 2.24) is 19.7 Å². The molecule has 6 nitrogen and oxygen atoms in total. The quantitative estimate of drug-likeness (QED) is 0.527. The average molecular weight is 376 g/mol. The van der Waals surface area contributed by atoms with Crippen LogP contribution in [-0.4, -0.2) is 24.9 Å². The Morgan fingerprint density at radius 3 is 2.74 bits per heavy atom. The number of anilines is 2. The molecule has 2 N–H and O–H groups in total. The van der Waals surface area contributed by atoms with Crippen LogP contribution in [-0.2, 0) is 7.05 Å². The molecule has 0 spiro atoms. The topological polar surface area (TPSA) is 75.9 Å². The van der Waals surface area contributed by atoms with E-state index in [0.29, 0.717) is 27.7 Å². The number of nitrogens with zero attached hydrogens (tertiary/aromatic N) is 4. The van der Waals surface area contributed by atoms with Crippen LogP contribution in [0.5, 0.6) is 5.75 Å². The van der Waals surface area contributed by atoms with E-state index in [2.05, 4.69) is 26.3 Å². The largest absolute Gasteiger partial charge is 0.508 e. The summed E-state index contributed by atoms with van der Waals surface area (Å²) in [6.45, 7) is 0. The van der Waals surface area contributed by atoms with E-state index >= 15 is 0 Å². The van der Waals surface area contributed by atoms with Crippen molar-refractivity contribution >= 4 is 34.1 Å². The van der Waals surface area contributed by atoms with Gasteiger partial charge in [-0.05, 0) is 29.8 Å². The molecule has 132 valence electrons. The van der Waals surface area contributed by atoms with Gasteiger partial charge in [0, 0.05) is 47.7 Å². The second-order valence-corrected chi connectivity index (χ2v) is 6.44. The van der Waals surface area contributed by atoms with Crippen molar-refractivity contribution < 1.29 is 5.11 Å². The maximum absolute atomic E-state index is 10.1. The minimum absolute atomic E-state index is 0.122. The second kappa shape index (κ2) is 6.63. The first-order chi connectivity index (χ1) is 13.0. The fourth-order valence-corrected chi connectivity index (χ4v) is 3.06. The van der Waals surface area contributed by atoms with Gasteiger partial charge in [-0.15, -0.1) is 6.42 Å². The van der Waals surface area contributed by atoms with E-state index in [1.165, 1.54) is 0 Å². The monoisotopic (exact) mass is 375 g/mol. The molecule has 0 atom stereocenters. The SMILES string of the molecule is C#Cc1cc(Cl)c2nc(Nc3cc(O)cc(-c4cnn(C)c4)c3)ncc2c1. The fourth-order valence-electron chi connectivity index (χ4n) is 2.80. The number of aryl methyl sites for hydroxylation is 1. The van der Waals surface area contributed by atoms with E-state index in [0.717, 1.165) is 16.5 Å². The number of benzene rings is 2. The molecule has 0 aliphatic carbocycles. The summed E-state index contributed by atoms with van der Waals surface area (Å²) < 4.78 is 1.70. The van der Waals surface area contributed by atoms with Crippen LogP contribution in [0, 0.1) is 12.3 Å². The van der Waals surface area contributed by atoms with Crippen molar-refractivity contribution in [3.63, 3.8) is 0 Å². The Morgan fingerprint density at radius 1 is 1.15 bits per heavy atom. The number of phenolic OH excluding ortho intramolecular Hbond substituents is 1. The molecule has 2 heterocycles. The fraction of sp³-hybridized carbons (Fsp3) is 0.0500. The van der Waals surface area contributed by atoms with Gasteiger partial charge in [-0.2, -0.15) is 5.10 Å². The molecule has 4 aromatic rings. The van der Waals surface area contributed by atoms with Crippen LogP contribution in [0.3, 0.4) is 0 Å². The predicted octanol–water partition coefficient (Wildman–Crippen LogP) is 4.11. The molecule has 0 aliphatic heterocycles. The molecule has 0 bridgehead atoms. The predicted molar refractivity (Wildman–Crippen MR) is 106 cm³/mol. The summed E-state index contributed by atoms with van der Waals surface area (Å²) in [6.07, 6.45) is 10.7. The molecule has 4 rings (SSSR count). The normalized spacial score (nSPS) is 10.7. The zero-order valence-corrected chi connectivity index (χ0v) is 15.1. The van der Waals surface area contributed by atoms with Gasteiger partial charge >= 0.3 is 0 Å². The molecule has 0 radical (unpaired) electrons. The van der Waals surface area contributed by atoms with Crippen molar-refractivity contribution in [1.29, 1.82) is 0 Å². The summed E-state index contributed by atoms with van der Waals surface area (Å²) in [5.74, 6) is 3.04. The minimum Gasteiger partial charge on any atom is -0.508 e. The van der Waals surface area contributed by atoms with Crippen LogP contribution in [0.15, 0.2) is 48.9 Å². The van der Waals surface area contributed by atoms with Gasteiger partial charge in [0.15, 0.2) is 0 Å². The highest BCUT2D eigenvalue weighted by Crippen LogP contribution is 2.30. The van der Waals surface area contributed by atoms with Gasteiger partial charge in [-0.25, -0.2) is 9.97 Å². The van der Waals surface area contributed by atoms with Crippen LogP contribution >= 0.6 is 11.6 Å². The Labute approximate surface area is 160 Å². The summed E-state index contributed by atoms with van der Waals surface area (Å²) in [6, 6.07) is 8.64. The average Bonchev–Trinajstić information content (AvgIpc) is 3.08. The van der Waals surface area contributed by atoms with Gasteiger partial charge < -0.3 is 10.4 Å². The number of terminal acetylenes is 1. The maximum atomic E-state index is 10.1. The lowest BCUT2D eigenvalue weighted by atomic mass is 10.1. The number of rotatable bonds is 3. The van der Waals surface area contributed by atoms with E-state index in [1.807, 2.05) is 19.3 Å². The molecule has 0 fully saturated rings. The summed E-state index contributed by atoms with van der Waals surface area (Å²) >= 11 is 6.29. The first kappa shape index (κ1) is 16.9. The van der Waals surface area contributed by atoms with Crippen molar-refractivity contribution in [3.8, 4) is 29.2 Å². The molecule has 0 saturated carbocycles. The van der Waals surface area contributed by atoms with Crippen LogP contribution in [0.2, 0.25) is 5.02 Å². The standard InChI is InChI=1S/C20H14ClN5O/c1-3-12-4-14-9-22-20(25-19(14)18(21)5-12)24-16-6-13(7-17(27)8-16)15-10-23-26(2)11-15/h1,4-11,27H,2H3,(H,22,24,25). The lowest BCUT2D eigenvalue weighted by Gasteiger charge is -2.09. The van der Waals surface area contributed by atoms with Crippen LogP contribution in [0.1, 0.15) is 5.56 Å². The summed E-state index contributed by atoms with van der Waals surface area (Å²) in [5, 5.41) is 18.5. The molecule has 0 saturated heterocycles. The lowest BCUT2D eigenvalue weighted by molar-refractivity contribution is 0.476. The van der Waals surface area contributed by atoms with Crippen molar-refractivity contribution in [2.75, 3.05) is 5.32 Å². The number of phenols is 1. The number of hydrogen-bond donors (Lipinski definition) is 2. The summed E-state index contributed by atoms with van der Waals surface area (Å²) in [5.41, 5.74) is 3.63. The summed E-state index contributed by atoms with van der Waals surface area (Å²) in [7, 11) is 1.84. The number of halogens is 1. The molecule has 2 aromatic heterocycles. The highest BCUT2D eigenvalue weighted by Gasteiger charge is 2.09. The van der Waals surface area contributed by atoms with E-state index < -0.39 is 0 Å². The first-order valence-electron chi connectivity index (χ1n) is 8.05. The van der Waals surface area contributed by atoms with Gasteiger partial charge in [0.2, 0.25) is 5.95 Å². The number of fused-ring (bicyclic) bond motifs is 1. The van der Waals surface area contributed by atoms with E-state index in [4.69, 9.17) is 18.0 Å². The Morgan fingerprint density at radius 2 is 2.00 bits per heavy atom. The second-order valence-electron chi connectivity index (χ2n) is 6.03. The minimum atomic E-state index is 0.122. The van der Waals surface area contributed by atoms with Gasteiger partial charge in [-0.3, -0.25) is 4.68 Å². The van der Waals surface area contributed by atoms with Crippen LogP contribution in [0.4, 0.5) is 11.6 Å². The summed E-state index contributed by atoms with van der Waals surface area (Å²) in [4.78, 5) is 8.77. The Bertz CT molecular complexity index is 1210. The Balaban J connectivity index is 1.71. The highest BCUT2D eigenvalue weighted by molar-refractivity contribution is 6.35. The number of hydrogen-bond acceptors (Lipinski definition) is 5. The zero-order chi connectivity index (χ0) is 19.0. The zero-order valence-electron chi connectivity index (χ0n) is 14.3. The van der Waals surface area contributed by atoms with E-state index in [-0.39, 0.29) is 5.75 Å². The van der Waals surface area contributed by atoms with Crippen molar-refractivity contribution in [2.45, 2.75) is 0 Å². The number of aromatic nitrogens is 4. The molecule has 0 unspecified atom stereocenters. The van der Waals surface area contributed by atoms with Gasteiger partial charge in [0.05, 0.1) is 16.7 Å². The van der Waals surface area contributed by atoms with Gasteiger partial charge in [0.25, 0.3) is 0 Å². The van der Waals surface area contributed by atoms with Crippen LogP contribution < -0.4 is 5.32 Å². The molecular formula is C20H14ClN5O.